The van der Waals surface area contributed by atoms with Gasteiger partial charge in [0.2, 0.25) is 0 Å². The van der Waals surface area contributed by atoms with E-state index in [2.05, 4.69) is 10.2 Å². The van der Waals surface area contributed by atoms with Gasteiger partial charge in [-0.25, -0.2) is 4.39 Å². The Labute approximate surface area is 189 Å². The Morgan fingerprint density at radius 1 is 1.03 bits per heavy atom. The van der Waals surface area contributed by atoms with Gasteiger partial charge in [-0.2, -0.15) is 0 Å². The van der Waals surface area contributed by atoms with E-state index in [-0.39, 0.29) is 17.6 Å². The van der Waals surface area contributed by atoms with E-state index in [1.54, 1.807) is 12.1 Å². The molecule has 2 N–H and O–H groups in total. The minimum atomic E-state index is -1.45. The van der Waals surface area contributed by atoms with Crippen LogP contribution in [0.3, 0.4) is 0 Å². The molecule has 2 unspecified atom stereocenters. The Balaban J connectivity index is 1.18. The Morgan fingerprint density at radius 3 is 2.44 bits per heavy atom. The van der Waals surface area contributed by atoms with E-state index in [1.165, 1.54) is 12.5 Å². The molecule has 1 heterocycles. The number of hydrogen-bond acceptors (Lipinski definition) is 3. The average molecular weight is 437 g/mol. The second kappa shape index (κ2) is 8.95. The second-order valence-electron chi connectivity index (χ2n) is 9.99. The number of benzene rings is 2. The molecule has 32 heavy (non-hydrogen) atoms. The quantitative estimate of drug-likeness (QED) is 0.688. The van der Waals surface area contributed by atoms with Crippen molar-refractivity contribution >= 4 is 5.91 Å². The fraction of sp³-hybridized carbons (Fsp3) is 0.519. The van der Waals surface area contributed by atoms with Crippen LogP contribution in [-0.2, 0) is 16.9 Å². The molecule has 1 aliphatic heterocycles. The van der Waals surface area contributed by atoms with Crippen LogP contribution in [-0.4, -0.2) is 35.5 Å². The van der Waals surface area contributed by atoms with Gasteiger partial charge in [-0.1, -0.05) is 61.7 Å². The minimum absolute atomic E-state index is 0.0286. The van der Waals surface area contributed by atoms with Crippen LogP contribution in [0.15, 0.2) is 54.6 Å². The number of nitrogens with zero attached hydrogens (tertiary/aromatic N) is 1. The molecule has 3 fully saturated rings. The van der Waals surface area contributed by atoms with Crippen LogP contribution in [0.5, 0.6) is 0 Å². The van der Waals surface area contributed by atoms with Crippen LogP contribution < -0.4 is 5.32 Å². The molecule has 0 radical (unpaired) electrons. The van der Waals surface area contributed by atoms with E-state index in [0.717, 1.165) is 50.9 Å². The first-order valence-corrected chi connectivity index (χ1v) is 12.1. The van der Waals surface area contributed by atoms with Gasteiger partial charge in [0.15, 0.2) is 5.60 Å². The zero-order valence-electron chi connectivity index (χ0n) is 18.6. The van der Waals surface area contributed by atoms with Gasteiger partial charge in [-0.15, -0.1) is 0 Å². The SMILES string of the molecule is O=C(NCC1C2CN(Cc3cccc(F)c3)C[C@H]12)[C@@](O)(c1ccccc1)C1CCCCC1. The Kier molecular flexibility index (Phi) is 6.04. The zero-order valence-corrected chi connectivity index (χ0v) is 18.6. The van der Waals surface area contributed by atoms with Crippen molar-refractivity contribution in [2.24, 2.45) is 23.7 Å². The van der Waals surface area contributed by atoms with Crippen LogP contribution in [0.4, 0.5) is 4.39 Å². The summed E-state index contributed by atoms with van der Waals surface area (Å²) in [7, 11) is 0. The maximum absolute atomic E-state index is 13.4. The highest BCUT2D eigenvalue weighted by atomic mass is 19.1. The van der Waals surface area contributed by atoms with E-state index >= 15 is 0 Å². The Hall–Kier alpha value is -2.24. The molecule has 4 nitrogen and oxygen atoms in total. The van der Waals surface area contributed by atoms with Crippen LogP contribution >= 0.6 is 0 Å². The van der Waals surface area contributed by atoms with E-state index in [0.29, 0.717) is 29.9 Å². The summed E-state index contributed by atoms with van der Waals surface area (Å²) >= 11 is 0. The smallest absolute Gasteiger partial charge is 0.256 e. The van der Waals surface area contributed by atoms with Gasteiger partial charge < -0.3 is 10.4 Å². The number of fused-ring (bicyclic) bond motifs is 1. The number of likely N-dealkylation sites (tertiary alicyclic amines) is 1. The summed E-state index contributed by atoms with van der Waals surface area (Å²) in [5, 5.41) is 14.8. The lowest BCUT2D eigenvalue weighted by atomic mass is 9.73. The Bertz CT molecular complexity index is 934. The first-order chi connectivity index (χ1) is 15.6. The van der Waals surface area contributed by atoms with Crippen molar-refractivity contribution in [1.29, 1.82) is 0 Å². The summed E-state index contributed by atoms with van der Waals surface area (Å²) in [5.41, 5.74) is 0.271. The van der Waals surface area contributed by atoms with Gasteiger partial charge in [-0.05, 0) is 53.9 Å². The number of amides is 1. The maximum Gasteiger partial charge on any atom is 0.256 e. The molecule has 4 atom stereocenters. The van der Waals surface area contributed by atoms with E-state index in [1.807, 2.05) is 36.4 Å². The summed E-state index contributed by atoms with van der Waals surface area (Å²) in [5.74, 6) is 1.20. The molecule has 0 aromatic heterocycles. The molecule has 2 aliphatic carbocycles. The third-order valence-electron chi connectivity index (χ3n) is 8.00. The molecule has 1 amide bonds. The van der Waals surface area contributed by atoms with Crippen LogP contribution in [0.25, 0.3) is 0 Å². The topological polar surface area (TPSA) is 52.6 Å². The van der Waals surface area contributed by atoms with Gasteiger partial charge in [0.05, 0.1) is 0 Å². The molecule has 5 heteroatoms. The van der Waals surface area contributed by atoms with E-state index in [4.69, 9.17) is 0 Å². The number of halogens is 1. The second-order valence-corrected chi connectivity index (χ2v) is 9.99. The zero-order chi connectivity index (χ0) is 22.1. The highest BCUT2D eigenvalue weighted by molar-refractivity contribution is 5.86. The Morgan fingerprint density at radius 2 is 1.75 bits per heavy atom. The number of nitrogens with one attached hydrogen (secondary N) is 1. The van der Waals surface area contributed by atoms with Crippen molar-refractivity contribution in [2.45, 2.75) is 44.2 Å². The molecule has 170 valence electrons. The normalized spacial score (nSPS) is 27.5. The number of carbonyl (C=O) groups excluding carboxylic acids is 1. The molecule has 2 aromatic carbocycles. The van der Waals surface area contributed by atoms with Crippen molar-refractivity contribution in [3.05, 3.63) is 71.5 Å². The number of hydrogen-bond donors (Lipinski definition) is 2. The molecule has 0 spiro atoms. The first kappa shape index (κ1) is 21.6. The predicted molar refractivity (Wildman–Crippen MR) is 122 cm³/mol. The number of rotatable bonds is 7. The highest BCUT2D eigenvalue weighted by Gasteiger charge is 2.55. The lowest BCUT2D eigenvalue weighted by molar-refractivity contribution is -0.149. The predicted octanol–water partition coefficient (Wildman–Crippen LogP) is 4.09. The fourth-order valence-electron chi connectivity index (χ4n) is 6.17. The third kappa shape index (κ3) is 4.20. The molecular weight excluding hydrogens is 403 g/mol. The number of piperidine rings is 1. The molecule has 2 saturated carbocycles. The average Bonchev–Trinajstić information content (AvgIpc) is 3.28. The van der Waals surface area contributed by atoms with Gasteiger partial charge in [0.1, 0.15) is 5.82 Å². The molecular formula is C27H33FN2O2. The number of aliphatic hydroxyl groups is 1. The van der Waals surface area contributed by atoms with Crippen LogP contribution in [0, 0.1) is 29.5 Å². The van der Waals surface area contributed by atoms with Crippen LogP contribution in [0.2, 0.25) is 0 Å². The monoisotopic (exact) mass is 436 g/mol. The van der Waals surface area contributed by atoms with Crippen molar-refractivity contribution in [3.63, 3.8) is 0 Å². The summed E-state index contributed by atoms with van der Waals surface area (Å²) in [6.07, 6.45) is 5.10. The van der Waals surface area contributed by atoms with Crippen molar-refractivity contribution in [1.82, 2.24) is 10.2 Å². The van der Waals surface area contributed by atoms with Gasteiger partial charge in [-0.3, -0.25) is 9.69 Å². The van der Waals surface area contributed by atoms with Crippen molar-refractivity contribution in [3.8, 4) is 0 Å². The standard InChI is InChI=1S/C27H33FN2O2/c28-22-13-7-8-19(14-22)16-30-17-24-23(25(24)18-30)15-29-26(31)27(32,20-9-3-1-4-10-20)21-11-5-2-6-12-21/h1,3-4,7-10,13-14,21,23-25,32H,2,5-6,11-12,15-18H2,(H,29,31)/t23?,24-,25?,27-/m1/s1. The lowest BCUT2D eigenvalue weighted by Gasteiger charge is -2.37. The van der Waals surface area contributed by atoms with Crippen LogP contribution in [0.1, 0.15) is 43.2 Å². The molecule has 2 aromatic rings. The van der Waals surface area contributed by atoms with Gasteiger partial charge >= 0.3 is 0 Å². The largest absolute Gasteiger partial charge is 0.375 e. The minimum Gasteiger partial charge on any atom is -0.375 e. The molecule has 1 saturated heterocycles. The van der Waals surface area contributed by atoms with Gasteiger partial charge in [0.25, 0.3) is 5.91 Å². The third-order valence-corrected chi connectivity index (χ3v) is 8.00. The summed E-state index contributed by atoms with van der Waals surface area (Å²) in [6.45, 7) is 3.39. The fourth-order valence-corrected chi connectivity index (χ4v) is 6.17. The summed E-state index contributed by atoms with van der Waals surface area (Å²) in [4.78, 5) is 15.7. The molecule has 5 rings (SSSR count). The summed E-state index contributed by atoms with van der Waals surface area (Å²) in [6, 6.07) is 16.3. The van der Waals surface area contributed by atoms with E-state index < -0.39 is 5.60 Å². The lowest BCUT2D eigenvalue weighted by Crippen LogP contribution is -2.50. The highest BCUT2D eigenvalue weighted by Crippen LogP contribution is 2.51. The van der Waals surface area contributed by atoms with Crippen molar-refractivity contribution in [2.75, 3.05) is 19.6 Å². The molecule has 0 bridgehead atoms. The molecule has 3 aliphatic rings. The van der Waals surface area contributed by atoms with Gasteiger partial charge in [0, 0.05) is 32.1 Å². The first-order valence-electron chi connectivity index (χ1n) is 12.1. The van der Waals surface area contributed by atoms with Crippen molar-refractivity contribution < 1.29 is 14.3 Å². The summed E-state index contributed by atoms with van der Waals surface area (Å²) < 4.78 is 13.4. The maximum atomic E-state index is 13.4. The van der Waals surface area contributed by atoms with E-state index in [9.17, 15) is 14.3 Å². The number of carbonyl (C=O) groups is 1.